The van der Waals surface area contributed by atoms with Crippen LogP contribution in [0.5, 0.6) is 11.5 Å². The lowest BCUT2D eigenvalue weighted by Gasteiger charge is -2.09. The Morgan fingerprint density at radius 1 is 1.31 bits per heavy atom. The molecule has 132 valence electrons. The van der Waals surface area contributed by atoms with E-state index < -0.39 is 10.8 Å². The highest BCUT2D eigenvalue weighted by molar-refractivity contribution is 14.1. The molecule has 0 bridgehead atoms. The molecule has 1 N–H and O–H groups in total. The van der Waals surface area contributed by atoms with Gasteiger partial charge < -0.3 is 10.1 Å². The molecule has 2 heterocycles. The van der Waals surface area contributed by atoms with Crippen molar-refractivity contribution in [3.63, 3.8) is 0 Å². The van der Waals surface area contributed by atoms with Crippen LogP contribution in [0.2, 0.25) is 0 Å². The molecule has 0 radical (unpaired) electrons. The number of ether oxygens (including phenoxy) is 1. The van der Waals surface area contributed by atoms with E-state index in [0.29, 0.717) is 15.0 Å². The number of carbonyl (C=O) groups excluding carboxylic acids is 1. The molecule has 0 aliphatic carbocycles. The van der Waals surface area contributed by atoms with Crippen LogP contribution in [0.1, 0.15) is 10.5 Å². The zero-order valence-corrected chi connectivity index (χ0v) is 15.6. The van der Waals surface area contributed by atoms with Gasteiger partial charge in [-0.3, -0.25) is 24.6 Å². The van der Waals surface area contributed by atoms with Gasteiger partial charge >= 0.3 is 0 Å². The summed E-state index contributed by atoms with van der Waals surface area (Å²) in [7, 11) is 1.64. The van der Waals surface area contributed by atoms with Crippen molar-refractivity contribution in [1.29, 1.82) is 0 Å². The Balaban J connectivity index is 1.91. The second-order valence-corrected chi connectivity index (χ2v) is 6.34. The molecule has 0 saturated heterocycles. The summed E-state index contributed by atoms with van der Waals surface area (Å²) in [4.78, 5) is 27.0. The highest BCUT2D eigenvalue weighted by atomic mass is 127. The maximum absolute atomic E-state index is 12.5. The monoisotopic (exact) mass is 465 g/mol. The number of aromatic nitrogens is 3. The zero-order valence-electron chi connectivity index (χ0n) is 13.4. The van der Waals surface area contributed by atoms with E-state index >= 15 is 0 Å². The molecule has 0 saturated carbocycles. The van der Waals surface area contributed by atoms with Crippen molar-refractivity contribution in [1.82, 2.24) is 14.8 Å². The van der Waals surface area contributed by atoms with Crippen LogP contribution < -0.4 is 10.1 Å². The van der Waals surface area contributed by atoms with E-state index in [4.69, 9.17) is 4.74 Å². The first kappa shape index (κ1) is 17.8. The summed E-state index contributed by atoms with van der Waals surface area (Å²) in [6.07, 6.45) is 4.62. The van der Waals surface area contributed by atoms with Crippen LogP contribution in [0.4, 0.5) is 11.4 Å². The number of aryl methyl sites for hydroxylation is 1. The summed E-state index contributed by atoms with van der Waals surface area (Å²) >= 11 is 1.99. The molecule has 9 nitrogen and oxygen atoms in total. The molecule has 10 heteroatoms. The van der Waals surface area contributed by atoms with Crippen molar-refractivity contribution in [2.75, 3.05) is 5.32 Å². The number of rotatable bonds is 5. The molecule has 2 aromatic heterocycles. The maximum Gasteiger partial charge on any atom is 0.275 e. The van der Waals surface area contributed by atoms with Gasteiger partial charge in [-0.05, 0) is 34.7 Å². The van der Waals surface area contributed by atoms with Crippen LogP contribution in [0.15, 0.2) is 48.9 Å². The third-order valence-electron chi connectivity index (χ3n) is 3.34. The summed E-state index contributed by atoms with van der Waals surface area (Å²) in [5, 5.41) is 17.8. The van der Waals surface area contributed by atoms with E-state index in [9.17, 15) is 14.9 Å². The van der Waals surface area contributed by atoms with Crippen molar-refractivity contribution in [2.45, 2.75) is 0 Å². The van der Waals surface area contributed by atoms with Crippen LogP contribution in [-0.4, -0.2) is 25.6 Å². The molecule has 0 aliphatic heterocycles. The largest absolute Gasteiger partial charge is 0.455 e. The number of non-ortho nitro benzene ring substituents is 1. The molecule has 0 atom stereocenters. The smallest absolute Gasteiger partial charge is 0.275 e. The molecule has 0 aliphatic rings. The molecule has 0 unspecified atom stereocenters. The Morgan fingerprint density at radius 2 is 2.12 bits per heavy atom. The number of benzene rings is 1. The van der Waals surface area contributed by atoms with Gasteiger partial charge in [-0.25, -0.2) is 0 Å². The van der Waals surface area contributed by atoms with Gasteiger partial charge in [0.05, 0.1) is 32.6 Å². The third kappa shape index (κ3) is 3.96. The molecule has 0 spiro atoms. The molecule has 1 aromatic carbocycles. The number of pyridine rings is 1. The van der Waals surface area contributed by atoms with Crippen molar-refractivity contribution in [3.8, 4) is 11.5 Å². The summed E-state index contributed by atoms with van der Waals surface area (Å²) in [5.74, 6) is 0.205. The third-order valence-corrected chi connectivity index (χ3v) is 4.13. The second-order valence-electron chi connectivity index (χ2n) is 5.18. The first-order valence-corrected chi connectivity index (χ1v) is 8.38. The predicted octanol–water partition coefficient (Wildman–Crippen LogP) is 3.37. The molecule has 26 heavy (non-hydrogen) atoms. The Morgan fingerprint density at radius 3 is 2.73 bits per heavy atom. The Hall–Kier alpha value is -3.02. The van der Waals surface area contributed by atoms with Crippen molar-refractivity contribution in [2.24, 2.45) is 7.05 Å². The Labute approximate surface area is 161 Å². The number of hydrogen-bond acceptors (Lipinski definition) is 6. The zero-order chi connectivity index (χ0) is 18.7. The predicted molar refractivity (Wildman–Crippen MR) is 101 cm³/mol. The van der Waals surface area contributed by atoms with Crippen LogP contribution in [-0.2, 0) is 7.05 Å². The second kappa shape index (κ2) is 7.47. The number of nitro groups is 1. The number of amides is 1. The first-order valence-electron chi connectivity index (χ1n) is 7.30. The fraction of sp³-hybridized carbons (Fsp3) is 0.0625. The quantitative estimate of drug-likeness (QED) is 0.351. The van der Waals surface area contributed by atoms with Crippen LogP contribution in [0.3, 0.4) is 0 Å². The highest BCUT2D eigenvalue weighted by Gasteiger charge is 2.18. The molecule has 0 fully saturated rings. The minimum atomic E-state index is -0.556. The van der Waals surface area contributed by atoms with Crippen molar-refractivity contribution < 1.29 is 14.5 Å². The average molecular weight is 465 g/mol. The lowest BCUT2D eigenvalue weighted by molar-refractivity contribution is -0.384. The topological polar surface area (TPSA) is 112 Å². The van der Waals surface area contributed by atoms with Gasteiger partial charge in [0.2, 0.25) is 0 Å². The molecule has 1 amide bonds. The Bertz CT molecular complexity index is 955. The van der Waals surface area contributed by atoms with Crippen molar-refractivity contribution in [3.05, 3.63) is 68.3 Å². The Kier molecular flexibility index (Phi) is 5.11. The van der Waals surface area contributed by atoms with Crippen LogP contribution in [0, 0.1) is 13.7 Å². The van der Waals surface area contributed by atoms with Crippen molar-refractivity contribution >= 4 is 39.9 Å². The van der Waals surface area contributed by atoms with Crippen LogP contribution >= 0.6 is 22.6 Å². The molecule has 3 rings (SSSR count). The number of nitro benzene ring substituents is 1. The molecule has 3 aromatic rings. The number of nitrogens with zero attached hydrogens (tertiary/aromatic N) is 4. The average Bonchev–Trinajstić information content (AvgIpc) is 2.94. The van der Waals surface area contributed by atoms with Gasteiger partial charge in [0, 0.05) is 25.4 Å². The van der Waals surface area contributed by atoms with E-state index in [1.54, 1.807) is 31.6 Å². The summed E-state index contributed by atoms with van der Waals surface area (Å²) in [5.41, 5.74) is 0.383. The lowest BCUT2D eigenvalue weighted by atomic mass is 10.2. The first-order chi connectivity index (χ1) is 12.4. The molecular formula is C16H12IN5O4. The lowest BCUT2D eigenvalue weighted by Crippen LogP contribution is -2.17. The molecular weight excluding hydrogens is 453 g/mol. The SMILES string of the molecule is Cn1ncc(I)c1C(=O)Nc1cc(Oc2cccnc2)cc([N+](=O)[O-])c1. The number of halogens is 1. The maximum atomic E-state index is 12.5. The van der Waals surface area contributed by atoms with E-state index in [2.05, 4.69) is 15.4 Å². The van der Waals surface area contributed by atoms with Gasteiger partial charge in [-0.1, -0.05) is 0 Å². The number of anilines is 1. The van der Waals surface area contributed by atoms with Gasteiger partial charge in [-0.2, -0.15) is 5.10 Å². The number of hydrogen-bond donors (Lipinski definition) is 1. The number of carbonyl (C=O) groups is 1. The van der Waals surface area contributed by atoms with Gasteiger partial charge in [0.1, 0.15) is 17.2 Å². The van der Waals surface area contributed by atoms with E-state index in [0.717, 1.165) is 0 Å². The minimum Gasteiger partial charge on any atom is -0.455 e. The standard InChI is InChI=1S/C16H12IN5O4/c1-21-15(14(17)9-19-21)16(23)20-10-5-11(22(24)25)7-13(6-10)26-12-3-2-4-18-8-12/h2-9H,1H3,(H,20,23). The minimum absolute atomic E-state index is 0.207. The summed E-state index contributed by atoms with van der Waals surface area (Å²) < 4.78 is 7.69. The summed E-state index contributed by atoms with van der Waals surface area (Å²) in [6, 6.07) is 7.39. The van der Waals surface area contributed by atoms with Crippen LogP contribution in [0.25, 0.3) is 0 Å². The fourth-order valence-corrected chi connectivity index (χ4v) is 2.94. The normalized spacial score (nSPS) is 10.4. The number of nitrogens with one attached hydrogen (secondary N) is 1. The van der Waals surface area contributed by atoms with E-state index in [1.165, 1.54) is 29.1 Å². The van der Waals surface area contributed by atoms with E-state index in [-0.39, 0.29) is 17.1 Å². The van der Waals surface area contributed by atoms with Gasteiger partial charge in [0.25, 0.3) is 11.6 Å². The summed E-state index contributed by atoms with van der Waals surface area (Å²) in [6.45, 7) is 0. The van der Waals surface area contributed by atoms with Gasteiger partial charge in [-0.15, -0.1) is 0 Å². The van der Waals surface area contributed by atoms with Gasteiger partial charge in [0.15, 0.2) is 0 Å². The fourth-order valence-electron chi connectivity index (χ4n) is 2.22. The highest BCUT2D eigenvalue weighted by Crippen LogP contribution is 2.29. The van der Waals surface area contributed by atoms with E-state index in [1.807, 2.05) is 22.6 Å².